The average molecular weight is 457 g/mol. The second-order valence-corrected chi connectivity index (χ2v) is 8.59. The Labute approximate surface area is 190 Å². The monoisotopic (exact) mass is 456 g/mol. The fraction of sp³-hybridized carbons (Fsp3) is 0.391. The molecule has 0 aliphatic carbocycles. The highest BCUT2D eigenvalue weighted by molar-refractivity contribution is 6.29. The highest BCUT2D eigenvalue weighted by atomic mass is 35.5. The number of nitrogens with one attached hydrogen (secondary N) is 1. The molecule has 9 heteroatoms. The van der Waals surface area contributed by atoms with E-state index in [1.165, 1.54) is 0 Å². The molecule has 3 heterocycles. The van der Waals surface area contributed by atoms with E-state index in [4.69, 9.17) is 16.6 Å². The van der Waals surface area contributed by atoms with Crippen molar-refractivity contribution in [2.45, 2.75) is 45.6 Å². The van der Waals surface area contributed by atoms with Gasteiger partial charge in [0.15, 0.2) is 11.5 Å². The molecule has 2 aromatic heterocycles. The summed E-state index contributed by atoms with van der Waals surface area (Å²) < 4.78 is 27.3. The van der Waals surface area contributed by atoms with Gasteiger partial charge in [-0.3, -0.25) is 0 Å². The van der Waals surface area contributed by atoms with E-state index in [-0.39, 0.29) is 37.7 Å². The van der Waals surface area contributed by atoms with Crippen LogP contribution in [0.4, 0.5) is 20.3 Å². The predicted octanol–water partition coefficient (Wildman–Crippen LogP) is 5.58. The summed E-state index contributed by atoms with van der Waals surface area (Å²) in [5, 5.41) is 13.5. The number of piperidine rings is 1. The third kappa shape index (κ3) is 4.44. The fourth-order valence-corrected chi connectivity index (χ4v) is 4.18. The molecule has 0 unspecified atom stereocenters. The van der Waals surface area contributed by atoms with Crippen LogP contribution in [0.25, 0.3) is 11.0 Å². The third-order valence-electron chi connectivity index (χ3n) is 5.72. The molecule has 32 heavy (non-hydrogen) atoms. The van der Waals surface area contributed by atoms with Crippen LogP contribution in [0, 0.1) is 25.2 Å². The number of anilines is 2. The molecule has 166 valence electrons. The van der Waals surface area contributed by atoms with Crippen molar-refractivity contribution in [3.05, 3.63) is 51.9 Å². The number of hydrogen-bond donors (Lipinski definition) is 1. The van der Waals surface area contributed by atoms with E-state index in [2.05, 4.69) is 21.4 Å². The molecule has 0 amide bonds. The Morgan fingerprint density at radius 1 is 1.16 bits per heavy atom. The normalized spacial score (nSPS) is 16.6. The highest BCUT2D eigenvalue weighted by Gasteiger charge is 2.35. The van der Waals surface area contributed by atoms with Gasteiger partial charge in [0.05, 0.1) is 28.5 Å². The van der Waals surface area contributed by atoms with Crippen LogP contribution in [0.3, 0.4) is 0 Å². The lowest BCUT2D eigenvalue weighted by atomic mass is 10.0. The molecule has 0 bridgehead atoms. The maximum atomic E-state index is 13.7. The lowest BCUT2D eigenvalue weighted by molar-refractivity contribution is -0.0221. The maximum absolute atomic E-state index is 13.7. The van der Waals surface area contributed by atoms with Gasteiger partial charge in [0.1, 0.15) is 11.2 Å². The van der Waals surface area contributed by atoms with E-state index in [1.54, 1.807) is 11.0 Å². The summed E-state index contributed by atoms with van der Waals surface area (Å²) >= 11 is 5.97. The molecule has 1 saturated heterocycles. The third-order valence-corrected chi connectivity index (χ3v) is 5.93. The SMILES string of the molecule is Cc1cc([C@@H](C)Nc2ccc(Cl)nc2C)c2nc(N3CCC(F)(F)CC3)c(C#N)nc2c1. The Bertz CT molecular complexity index is 1210. The van der Waals surface area contributed by atoms with Crippen LogP contribution in [0.15, 0.2) is 24.3 Å². The quantitative estimate of drug-likeness (QED) is 0.517. The van der Waals surface area contributed by atoms with E-state index < -0.39 is 5.92 Å². The number of hydrogen-bond acceptors (Lipinski definition) is 6. The predicted molar refractivity (Wildman–Crippen MR) is 121 cm³/mol. The summed E-state index contributed by atoms with van der Waals surface area (Å²) in [5.41, 5.74) is 4.89. The van der Waals surface area contributed by atoms with Gasteiger partial charge in [-0.15, -0.1) is 0 Å². The van der Waals surface area contributed by atoms with Crippen LogP contribution in [-0.4, -0.2) is 34.0 Å². The molecule has 1 aromatic carbocycles. The second kappa shape index (κ2) is 8.47. The Kier molecular flexibility index (Phi) is 5.87. The van der Waals surface area contributed by atoms with E-state index in [0.29, 0.717) is 22.0 Å². The molecule has 1 aliphatic heterocycles. The van der Waals surface area contributed by atoms with Crippen LogP contribution in [-0.2, 0) is 0 Å². The summed E-state index contributed by atoms with van der Waals surface area (Å²) in [7, 11) is 0. The van der Waals surface area contributed by atoms with Crippen molar-refractivity contribution >= 4 is 34.1 Å². The van der Waals surface area contributed by atoms with Gasteiger partial charge in [-0.05, 0) is 44.5 Å². The lowest BCUT2D eigenvalue weighted by Gasteiger charge is -2.33. The molecular formula is C23H23ClF2N6. The van der Waals surface area contributed by atoms with Crippen LogP contribution in [0.1, 0.15) is 48.3 Å². The van der Waals surface area contributed by atoms with Crippen LogP contribution in [0.2, 0.25) is 5.15 Å². The number of pyridine rings is 1. The van der Waals surface area contributed by atoms with Gasteiger partial charge in [0.25, 0.3) is 5.92 Å². The van der Waals surface area contributed by atoms with Gasteiger partial charge in [0.2, 0.25) is 0 Å². The summed E-state index contributed by atoms with van der Waals surface area (Å²) in [6, 6.07) is 9.43. The number of fused-ring (bicyclic) bond motifs is 1. The largest absolute Gasteiger partial charge is 0.377 e. The Morgan fingerprint density at radius 2 is 1.88 bits per heavy atom. The zero-order valence-electron chi connectivity index (χ0n) is 18.1. The minimum absolute atomic E-state index is 0.131. The lowest BCUT2D eigenvalue weighted by Crippen LogP contribution is -2.40. The number of aromatic nitrogens is 3. The smallest absolute Gasteiger partial charge is 0.251 e. The topological polar surface area (TPSA) is 77.7 Å². The zero-order chi connectivity index (χ0) is 23.0. The Hall–Kier alpha value is -3.05. The molecule has 0 saturated carbocycles. The van der Waals surface area contributed by atoms with Gasteiger partial charge in [0, 0.05) is 31.5 Å². The Balaban J connectivity index is 1.76. The Morgan fingerprint density at radius 3 is 2.53 bits per heavy atom. The van der Waals surface area contributed by atoms with E-state index in [1.807, 2.05) is 39.0 Å². The minimum Gasteiger partial charge on any atom is -0.377 e. The summed E-state index contributed by atoms with van der Waals surface area (Å²) in [6.07, 6.45) is -0.529. The standard InChI is InChI=1S/C23H23ClF2N6/c1-13-10-16(14(2)28-17-4-5-20(24)29-15(17)3)21-18(11-13)30-19(12-27)22(31-21)32-8-6-23(25,26)7-9-32/h4-5,10-11,14,28H,6-9H2,1-3H3/t14-/m1/s1. The number of rotatable bonds is 4. The molecule has 4 rings (SSSR count). The van der Waals surface area contributed by atoms with Crippen molar-refractivity contribution in [2.24, 2.45) is 0 Å². The van der Waals surface area contributed by atoms with Gasteiger partial charge in [-0.25, -0.2) is 23.7 Å². The van der Waals surface area contributed by atoms with Crippen molar-refractivity contribution in [1.29, 1.82) is 5.26 Å². The van der Waals surface area contributed by atoms with Crippen LogP contribution in [0.5, 0.6) is 0 Å². The van der Waals surface area contributed by atoms with Crippen molar-refractivity contribution in [1.82, 2.24) is 15.0 Å². The molecule has 3 aromatic rings. The average Bonchev–Trinajstić information content (AvgIpc) is 2.74. The summed E-state index contributed by atoms with van der Waals surface area (Å²) in [6.45, 7) is 6.10. The van der Waals surface area contributed by atoms with Gasteiger partial charge in [-0.1, -0.05) is 17.7 Å². The van der Waals surface area contributed by atoms with Crippen molar-refractivity contribution in [3.8, 4) is 6.07 Å². The first kappa shape index (κ1) is 22.2. The van der Waals surface area contributed by atoms with E-state index >= 15 is 0 Å². The molecule has 6 nitrogen and oxygen atoms in total. The molecule has 0 spiro atoms. The van der Waals surface area contributed by atoms with E-state index in [0.717, 1.165) is 22.5 Å². The number of nitriles is 1. The number of nitrogens with zero attached hydrogens (tertiary/aromatic N) is 5. The van der Waals surface area contributed by atoms with Crippen molar-refractivity contribution in [2.75, 3.05) is 23.3 Å². The number of aryl methyl sites for hydroxylation is 2. The van der Waals surface area contributed by atoms with Crippen LogP contribution < -0.4 is 10.2 Å². The van der Waals surface area contributed by atoms with E-state index in [9.17, 15) is 14.0 Å². The van der Waals surface area contributed by atoms with Gasteiger partial charge >= 0.3 is 0 Å². The number of halogens is 3. The molecule has 1 fully saturated rings. The minimum atomic E-state index is -2.68. The maximum Gasteiger partial charge on any atom is 0.251 e. The second-order valence-electron chi connectivity index (χ2n) is 8.21. The summed E-state index contributed by atoms with van der Waals surface area (Å²) in [5.74, 6) is -2.32. The van der Waals surface area contributed by atoms with Gasteiger partial charge < -0.3 is 10.2 Å². The number of alkyl halides is 2. The van der Waals surface area contributed by atoms with Crippen molar-refractivity contribution < 1.29 is 8.78 Å². The summed E-state index contributed by atoms with van der Waals surface area (Å²) in [4.78, 5) is 15.3. The molecular weight excluding hydrogens is 434 g/mol. The van der Waals surface area contributed by atoms with Crippen molar-refractivity contribution in [3.63, 3.8) is 0 Å². The van der Waals surface area contributed by atoms with Gasteiger partial charge in [-0.2, -0.15) is 5.26 Å². The first-order valence-corrected chi connectivity index (χ1v) is 10.8. The first-order valence-electron chi connectivity index (χ1n) is 10.4. The molecule has 0 radical (unpaired) electrons. The fourth-order valence-electron chi connectivity index (χ4n) is 3.99. The molecule has 1 aliphatic rings. The molecule has 1 atom stereocenters. The number of benzene rings is 1. The first-order chi connectivity index (χ1) is 15.2. The molecule has 1 N–H and O–H groups in total. The zero-order valence-corrected chi connectivity index (χ0v) is 18.8. The van der Waals surface area contributed by atoms with Crippen LogP contribution >= 0.6 is 11.6 Å². The highest BCUT2D eigenvalue weighted by Crippen LogP contribution is 2.33.